The van der Waals surface area contributed by atoms with Crippen molar-refractivity contribution in [1.29, 1.82) is 0 Å². The summed E-state index contributed by atoms with van der Waals surface area (Å²) in [6.45, 7) is 0. The third kappa shape index (κ3) is 4.53. The minimum Gasteiger partial charge on any atom is -0.378 e. The van der Waals surface area contributed by atoms with Crippen molar-refractivity contribution in [2.24, 2.45) is 5.10 Å². The number of nitro groups is 1. The van der Waals surface area contributed by atoms with Crippen LogP contribution in [0.15, 0.2) is 64.3 Å². The number of nitro benzene ring substituents is 1. The molecule has 1 saturated carbocycles. The van der Waals surface area contributed by atoms with E-state index in [1.54, 1.807) is 0 Å². The third-order valence-electron chi connectivity index (χ3n) is 6.08. The van der Waals surface area contributed by atoms with E-state index in [-0.39, 0.29) is 28.7 Å². The SMILES string of the molecule is Nc1nonc1-n1nnc(C(=O)NN=C2CCC(c3ccccc3)CC2)c1-c1ccc([N+](=O)[O-])cc1. The Labute approximate surface area is 204 Å². The molecule has 5 rings (SSSR count). The van der Waals surface area contributed by atoms with Crippen molar-refractivity contribution < 1.29 is 14.3 Å². The molecule has 2 aromatic carbocycles. The number of carbonyl (C=O) groups is 1. The number of amides is 1. The Hall–Kier alpha value is -4.94. The number of non-ortho nitro benzene ring substituents is 1. The Morgan fingerprint density at radius 3 is 2.47 bits per heavy atom. The van der Waals surface area contributed by atoms with Gasteiger partial charge in [-0.25, -0.2) is 10.1 Å². The zero-order valence-corrected chi connectivity index (χ0v) is 18.9. The van der Waals surface area contributed by atoms with E-state index >= 15 is 0 Å². The maximum absolute atomic E-state index is 13.1. The molecule has 182 valence electrons. The van der Waals surface area contributed by atoms with Crippen molar-refractivity contribution in [3.63, 3.8) is 0 Å². The van der Waals surface area contributed by atoms with E-state index < -0.39 is 10.8 Å². The van der Waals surface area contributed by atoms with Crippen molar-refractivity contribution >= 4 is 23.1 Å². The molecule has 1 fully saturated rings. The summed E-state index contributed by atoms with van der Waals surface area (Å²) in [4.78, 5) is 23.6. The topological polar surface area (TPSA) is 180 Å². The smallest absolute Gasteiger partial charge is 0.294 e. The number of nitrogens with two attached hydrogens (primary N) is 1. The van der Waals surface area contributed by atoms with Gasteiger partial charge in [-0.15, -0.1) is 5.10 Å². The van der Waals surface area contributed by atoms with Crippen LogP contribution in [-0.4, -0.2) is 41.8 Å². The van der Waals surface area contributed by atoms with Gasteiger partial charge in [-0.2, -0.15) is 9.78 Å². The van der Waals surface area contributed by atoms with E-state index in [1.165, 1.54) is 34.5 Å². The molecule has 0 unspecified atom stereocenters. The molecule has 36 heavy (non-hydrogen) atoms. The number of nitrogens with zero attached hydrogens (tertiary/aromatic N) is 7. The first-order valence-electron chi connectivity index (χ1n) is 11.2. The van der Waals surface area contributed by atoms with Crippen molar-refractivity contribution in [1.82, 2.24) is 30.7 Å². The van der Waals surface area contributed by atoms with Gasteiger partial charge >= 0.3 is 0 Å². The van der Waals surface area contributed by atoms with Crippen molar-refractivity contribution in [3.8, 4) is 17.1 Å². The first kappa shape index (κ1) is 22.8. The number of hydrogen-bond acceptors (Lipinski definition) is 10. The maximum atomic E-state index is 13.1. The van der Waals surface area contributed by atoms with Crippen LogP contribution in [0.2, 0.25) is 0 Å². The van der Waals surface area contributed by atoms with E-state index in [0.29, 0.717) is 11.5 Å². The Kier molecular flexibility index (Phi) is 6.18. The van der Waals surface area contributed by atoms with Crippen LogP contribution in [0.1, 0.15) is 47.7 Å². The minimum atomic E-state index is -0.595. The second-order valence-electron chi connectivity index (χ2n) is 8.28. The van der Waals surface area contributed by atoms with Crippen molar-refractivity contribution in [3.05, 3.63) is 76.0 Å². The summed E-state index contributed by atoms with van der Waals surface area (Å²) in [7, 11) is 0. The van der Waals surface area contributed by atoms with Crippen LogP contribution in [0.3, 0.4) is 0 Å². The molecular formula is C23H21N9O4. The molecule has 0 spiro atoms. The summed E-state index contributed by atoms with van der Waals surface area (Å²) in [5.74, 6) is -0.163. The quantitative estimate of drug-likeness (QED) is 0.305. The van der Waals surface area contributed by atoms with E-state index in [9.17, 15) is 14.9 Å². The molecule has 2 aromatic heterocycles. The Morgan fingerprint density at radius 2 is 1.83 bits per heavy atom. The number of carbonyl (C=O) groups excluding carboxylic acids is 1. The molecular weight excluding hydrogens is 466 g/mol. The summed E-state index contributed by atoms with van der Waals surface area (Å²) in [6.07, 6.45) is 3.43. The molecule has 13 nitrogen and oxygen atoms in total. The number of benzene rings is 2. The number of aromatic nitrogens is 5. The van der Waals surface area contributed by atoms with Crippen LogP contribution in [0.25, 0.3) is 17.1 Å². The lowest BCUT2D eigenvalue weighted by atomic mass is 9.83. The molecule has 2 heterocycles. The lowest BCUT2D eigenvalue weighted by Crippen LogP contribution is -2.23. The van der Waals surface area contributed by atoms with Crippen LogP contribution in [0.4, 0.5) is 11.5 Å². The lowest BCUT2D eigenvalue weighted by Gasteiger charge is -2.23. The van der Waals surface area contributed by atoms with Gasteiger partial charge in [-0.05, 0) is 59.6 Å². The summed E-state index contributed by atoms with van der Waals surface area (Å²) in [5, 5.41) is 30.6. The van der Waals surface area contributed by atoms with Gasteiger partial charge in [-0.1, -0.05) is 35.5 Å². The second-order valence-corrected chi connectivity index (χ2v) is 8.28. The van der Waals surface area contributed by atoms with Crippen LogP contribution < -0.4 is 11.2 Å². The van der Waals surface area contributed by atoms with Gasteiger partial charge in [0.05, 0.1) is 4.92 Å². The molecule has 0 bridgehead atoms. The van der Waals surface area contributed by atoms with E-state index in [2.05, 4.69) is 47.9 Å². The van der Waals surface area contributed by atoms with Crippen LogP contribution >= 0.6 is 0 Å². The summed E-state index contributed by atoms with van der Waals surface area (Å²) < 4.78 is 5.85. The summed E-state index contributed by atoms with van der Waals surface area (Å²) in [5.41, 5.74) is 11.0. The van der Waals surface area contributed by atoms with Gasteiger partial charge in [0.2, 0.25) is 11.6 Å². The fourth-order valence-electron chi connectivity index (χ4n) is 4.23. The normalized spacial score (nSPS) is 15.4. The monoisotopic (exact) mass is 487 g/mol. The molecule has 1 aliphatic carbocycles. The van der Waals surface area contributed by atoms with Crippen LogP contribution in [-0.2, 0) is 0 Å². The minimum absolute atomic E-state index is 0.0282. The molecule has 0 radical (unpaired) electrons. The molecule has 0 aliphatic heterocycles. The first-order valence-corrected chi connectivity index (χ1v) is 11.2. The van der Waals surface area contributed by atoms with Gasteiger partial charge in [0.25, 0.3) is 11.6 Å². The highest BCUT2D eigenvalue weighted by Crippen LogP contribution is 2.31. The molecule has 1 aliphatic rings. The number of nitrogens with one attached hydrogen (secondary N) is 1. The Morgan fingerprint density at radius 1 is 1.11 bits per heavy atom. The molecule has 1 amide bonds. The number of rotatable bonds is 6. The maximum Gasteiger partial charge on any atom is 0.294 e. The second kappa shape index (κ2) is 9.74. The molecule has 0 atom stereocenters. The average Bonchev–Trinajstić information content (AvgIpc) is 3.54. The zero-order valence-electron chi connectivity index (χ0n) is 18.9. The van der Waals surface area contributed by atoms with Crippen molar-refractivity contribution in [2.75, 3.05) is 5.73 Å². The van der Waals surface area contributed by atoms with E-state index in [1.807, 2.05) is 18.2 Å². The Bertz CT molecular complexity index is 1420. The van der Waals surface area contributed by atoms with Crippen LogP contribution in [0.5, 0.6) is 0 Å². The standard InChI is InChI=1S/C23H21N9O4/c24-21-22(29-36-28-21)31-20(16-8-12-18(13-9-16)32(34)35)19(26-30-31)23(33)27-25-17-10-6-15(7-11-17)14-4-2-1-3-5-14/h1-5,8-9,12-13,15H,6-7,10-11H2,(H2,24,28)(H,27,33). The predicted octanol–water partition coefficient (Wildman–Crippen LogP) is 3.25. The number of hydrogen-bond donors (Lipinski definition) is 2. The molecule has 3 N–H and O–H groups in total. The summed E-state index contributed by atoms with van der Waals surface area (Å²) >= 11 is 0. The fourth-order valence-corrected chi connectivity index (χ4v) is 4.23. The zero-order chi connectivity index (χ0) is 25.1. The van der Waals surface area contributed by atoms with Gasteiger partial charge in [0, 0.05) is 23.4 Å². The number of nitrogen functional groups attached to an aromatic ring is 1. The fraction of sp³-hybridized carbons (Fsp3) is 0.217. The van der Waals surface area contributed by atoms with E-state index in [4.69, 9.17) is 5.73 Å². The van der Waals surface area contributed by atoms with Gasteiger partial charge in [-0.3, -0.25) is 14.9 Å². The molecule has 13 heteroatoms. The number of hydrazone groups is 1. The summed E-state index contributed by atoms with van der Waals surface area (Å²) in [6, 6.07) is 15.9. The largest absolute Gasteiger partial charge is 0.378 e. The number of anilines is 1. The lowest BCUT2D eigenvalue weighted by molar-refractivity contribution is -0.384. The molecule has 4 aromatic rings. The Balaban J connectivity index is 1.38. The highest BCUT2D eigenvalue weighted by molar-refractivity contribution is 5.99. The predicted molar refractivity (Wildman–Crippen MR) is 128 cm³/mol. The average molecular weight is 487 g/mol. The van der Waals surface area contributed by atoms with Gasteiger partial charge < -0.3 is 5.73 Å². The highest BCUT2D eigenvalue weighted by Gasteiger charge is 2.26. The van der Waals surface area contributed by atoms with Gasteiger partial charge in [0.15, 0.2) is 5.69 Å². The van der Waals surface area contributed by atoms with Crippen LogP contribution in [0, 0.1) is 10.1 Å². The van der Waals surface area contributed by atoms with E-state index in [0.717, 1.165) is 31.4 Å². The first-order chi connectivity index (χ1) is 17.5. The van der Waals surface area contributed by atoms with Gasteiger partial charge in [0.1, 0.15) is 5.69 Å². The highest BCUT2D eigenvalue weighted by atomic mass is 16.6. The third-order valence-corrected chi connectivity index (χ3v) is 6.08. The van der Waals surface area contributed by atoms with Crippen molar-refractivity contribution in [2.45, 2.75) is 31.6 Å². The molecule has 0 saturated heterocycles.